The summed E-state index contributed by atoms with van der Waals surface area (Å²) in [6.07, 6.45) is 7.41. The number of carbonyl (C=O) groups excluding carboxylic acids is 2. The predicted octanol–water partition coefficient (Wildman–Crippen LogP) is 4.43. The van der Waals surface area contributed by atoms with E-state index < -0.39 is 0 Å². The van der Waals surface area contributed by atoms with Crippen molar-refractivity contribution >= 4 is 22.7 Å². The van der Waals surface area contributed by atoms with Crippen LogP contribution in [0.1, 0.15) is 44.1 Å². The number of piperidine rings is 2. The molecule has 2 aliphatic rings. The van der Waals surface area contributed by atoms with Crippen molar-refractivity contribution in [2.75, 3.05) is 19.6 Å². The molecule has 7 heteroatoms. The van der Waals surface area contributed by atoms with Gasteiger partial charge >= 0.3 is 0 Å². The Morgan fingerprint density at radius 1 is 0.914 bits per heavy atom. The fraction of sp³-hybridized carbons (Fsp3) is 0.464. The summed E-state index contributed by atoms with van der Waals surface area (Å²) in [6.45, 7) is 2.75. The first-order valence-electron chi connectivity index (χ1n) is 12.8. The minimum atomic E-state index is -0.324. The van der Waals surface area contributed by atoms with Gasteiger partial charge in [-0.3, -0.25) is 14.3 Å². The molecule has 0 bridgehead atoms. The Bertz CT molecular complexity index is 1180. The van der Waals surface area contributed by atoms with Gasteiger partial charge in [-0.25, -0.2) is 4.39 Å². The zero-order valence-corrected chi connectivity index (χ0v) is 20.1. The second kappa shape index (κ2) is 10.6. The van der Waals surface area contributed by atoms with E-state index in [1.807, 2.05) is 40.0 Å². The van der Waals surface area contributed by atoms with Gasteiger partial charge in [0, 0.05) is 37.5 Å². The van der Waals surface area contributed by atoms with Crippen molar-refractivity contribution in [1.82, 2.24) is 19.6 Å². The summed E-state index contributed by atoms with van der Waals surface area (Å²) < 4.78 is 15.9. The van der Waals surface area contributed by atoms with E-state index in [1.165, 1.54) is 6.07 Å². The smallest absolute Gasteiger partial charge is 0.227 e. The number of para-hydroxylation sites is 1. The van der Waals surface area contributed by atoms with Crippen molar-refractivity contribution in [2.45, 2.75) is 57.5 Å². The van der Waals surface area contributed by atoms with Crippen LogP contribution in [-0.2, 0) is 22.6 Å². The molecule has 0 aliphatic carbocycles. The molecule has 0 spiro atoms. The van der Waals surface area contributed by atoms with Crippen molar-refractivity contribution in [1.29, 1.82) is 0 Å². The number of amides is 2. The molecule has 184 valence electrons. The highest BCUT2D eigenvalue weighted by Gasteiger charge is 2.35. The Morgan fingerprint density at radius 2 is 1.69 bits per heavy atom. The molecule has 5 rings (SSSR count). The summed E-state index contributed by atoms with van der Waals surface area (Å²) in [5, 5.41) is 5.56. The zero-order chi connectivity index (χ0) is 24.2. The Hall–Kier alpha value is -3.22. The maximum atomic E-state index is 14.0. The third-order valence-corrected chi connectivity index (χ3v) is 7.69. The first-order valence-corrected chi connectivity index (χ1v) is 12.8. The Kier molecular flexibility index (Phi) is 7.11. The molecule has 1 unspecified atom stereocenters. The topological polar surface area (TPSA) is 58.4 Å². The maximum Gasteiger partial charge on any atom is 0.227 e. The molecule has 2 aromatic carbocycles. The molecule has 1 atom stereocenters. The number of nitrogens with zero attached hydrogens (tertiary/aromatic N) is 4. The van der Waals surface area contributed by atoms with E-state index in [4.69, 9.17) is 0 Å². The van der Waals surface area contributed by atoms with Crippen molar-refractivity contribution in [2.24, 2.45) is 5.92 Å². The van der Waals surface area contributed by atoms with Crippen LogP contribution in [-0.4, -0.2) is 57.1 Å². The molecule has 0 radical (unpaired) electrons. The van der Waals surface area contributed by atoms with Gasteiger partial charge in [0.1, 0.15) is 5.82 Å². The first kappa shape index (κ1) is 23.5. The molecule has 3 heterocycles. The predicted molar refractivity (Wildman–Crippen MR) is 133 cm³/mol. The molecule has 0 N–H and O–H groups in total. The summed E-state index contributed by atoms with van der Waals surface area (Å²) in [4.78, 5) is 30.0. The molecule has 2 fully saturated rings. The van der Waals surface area contributed by atoms with Gasteiger partial charge in [0.2, 0.25) is 11.8 Å². The van der Waals surface area contributed by atoms with Crippen molar-refractivity contribution in [3.63, 3.8) is 0 Å². The number of carbonyl (C=O) groups is 2. The van der Waals surface area contributed by atoms with E-state index in [0.29, 0.717) is 37.5 Å². The largest absolute Gasteiger partial charge is 0.342 e. The standard InChI is InChI=1S/C28H33FN4O2/c29-24-9-3-1-7-22(24)19-28(35)31-16-12-21(13-17-31)25-10-5-6-15-32(25)27(34)14-18-33-26-11-4-2-8-23(26)20-30-33/h1-4,7-9,11,20-21,25H,5-6,10,12-19H2. The summed E-state index contributed by atoms with van der Waals surface area (Å²) in [7, 11) is 0. The lowest BCUT2D eigenvalue weighted by Crippen LogP contribution is -2.51. The van der Waals surface area contributed by atoms with Crippen LogP contribution < -0.4 is 0 Å². The molecule has 2 saturated heterocycles. The van der Waals surface area contributed by atoms with E-state index in [-0.39, 0.29) is 30.1 Å². The van der Waals surface area contributed by atoms with Gasteiger partial charge < -0.3 is 9.80 Å². The van der Waals surface area contributed by atoms with Crippen LogP contribution in [0.2, 0.25) is 0 Å². The van der Waals surface area contributed by atoms with E-state index in [0.717, 1.165) is 49.6 Å². The maximum absolute atomic E-state index is 14.0. The molecule has 2 aliphatic heterocycles. The highest BCUT2D eigenvalue weighted by atomic mass is 19.1. The second-order valence-electron chi connectivity index (χ2n) is 9.81. The molecule has 0 saturated carbocycles. The van der Waals surface area contributed by atoms with Crippen LogP contribution in [0.3, 0.4) is 0 Å². The summed E-state index contributed by atoms with van der Waals surface area (Å²) in [5.74, 6) is 0.265. The molecule has 3 aromatic rings. The van der Waals surface area contributed by atoms with E-state index in [1.54, 1.807) is 18.2 Å². The summed E-state index contributed by atoms with van der Waals surface area (Å²) in [6, 6.07) is 14.8. The van der Waals surface area contributed by atoms with Gasteiger partial charge in [-0.05, 0) is 55.7 Å². The molecular weight excluding hydrogens is 443 g/mol. The van der Waals surface area contributed by atoms with Gasteiger partial charge in [-0.2, -0.15) is 5.10 Å². The summed E-state index contributed by atoms with van der Waals surface area (Å²) >= 11 is 0. The highest BCUT2D eigenvalue weighted by molar-refractivity contribution is 5.80. The monoisotopic (exact) mass is 476 g/mol. The molecule has 35 heavy (non-hydrogen) atoms. The fourth-order valence-electron chi connectivity index (χ4n) is 5.76. The summed E-state index contributed by atoms with van der Waals surface area (Å²) in [5.41, 5.74) is 1.51. The van der Waals surface area contributed by atoms with E-state index in [9.17, 15) is 14.0 Å². The third kappa shape index (κ3) is 5.24. The first-order chi connectivity index (χ1) is 17.1. The lowest BCUT2D eigenvalue weighted by Gasteiger charge is -2.44. The van der Waals surface area contributed by atoms with Crippen molar-refractivity contribution in [3.8, 4) is 0 Å². The number of aryl methyl sites for hydroxylation is 1. The third-order valence-electron chi connectivity index (χ3n) is 7.69. The number of aromatic nitrogens is 2. The van der Waals surface area contributed by atoms with Gasteiger partial charge in [0.05, 0.1) is 24.7 Å². The second-order valence-corrected chi connectivity index (χ2v) is 9.81. The molecule has 6 nitrogen and oxygen atoms in total. The quantitative estimate of drug-likeness (QED) is 0.529. The zero-order valence-electron chi connectivity index (χ0n) is 20.1. The molecular formula is C28H33FN4O2. The highest BCUT2D eigenvalue weighted by Crippen LogP contribution is 2.31. The minimum absolute atomic E-state index is 0.0171. The number of halogens is 1. The van der Waals surface area contributed by atoms with Gasteiger partial charge in [0.15, 0.2) is 0 Å². The number of rotatable bonds is 6. The average molecular weight is 477 g/mol. The van der Waals surface area contributed by atoms with Gasteiger partial charge in [0.25, 0.3) is 0 Å². The number of benzene rings is 2. The van der Waals surface area contributed by atoms with E-state index in [2.05, 4.69) is 10.00 Å². The number of hydrogen-bond donors (Lipinski definition) is 0. The van der Waals surface area contributed by atoms with Gasteiger partial charge in [-0.1, -0.05) is 36.4 Å². The lowest BCUT2D eigenvalue weighted by molar-refractivity contribution is -0.139. The average Bonchev–Trinajstić information content (AvgIpc) is 3.32. The molecule has 1 aromatic heterocycles. The van der Waals surface area contributed by atoms with Crippen molar-refractivity contribution < 1.29 is 14.0 Å². The van der Waals surface area contributed by atoms with E-state index >= 15 is 0 Å². The van der Waals surface area contributed by atoms with Crippen LogP contribution in [0, 0.1) is 11.7 Å². The van der Waals surface area contributed by atoms with Crippen LogP contribution in [0.4, 0.5) is 4.39 Å². The fourth-order valence-corrected chi connectivity index (χ4v) is 5.76. The normalized spacial score (nSPS) is 19.3. The Morgan fingerprint density at radius 3 is 2.51 bits per heavy atom. The Labute approximate surface area is 205 Å². The van der Waals surface area contributed by atoms with Gasteiger partial charge in [-0.15, -0.1) is 0 Å². The van der Waals surface area contributed by atoms with Crippen LogP contribution in [0.5, 0.6) is 0 Å². The van der Waals surface area contributed by atoms with Crippen molar-refractivity contribution in [3.05, 3.63) is 66.1 Å². The van der Waals surface area contributed by atoms with Crippen LogP contribution in [0.15, 0.2) is 54.7 Å². The minimum Gasteiger partial charge on any atom is -0.342 e. The SMILES string of the molecule is O=C(Cc1ccccc1F)N1CCC(C2CCCCN2C(=O)CCn2ncc3ccccc32)CC1. The number of hydrogen-bond acceptors (Lipinski definition) is 3. The molecule has 2 amide bonds. The van der Waals surface area contributed by atoms with Crippen LogP contribution >= 0.6 is 0 Å². The Balaban J connectivity index is 1.16. The number of fused-ring (bicyclic) bond motifs is 1. The lowest BCUT2D eigenvalue weighted by atomic mass is 9.83. The number of likely N-dealkylation sites (tertiary alicyclic amines) is 2. The van der Waals surface area contributed by atoms with Crippen LogP contribution in [0.25, 0.3) is 10.9 Å².